The number of pyridine rings is 1. The van der Waals surface area contributed by atoms with E-state index in [0.717, 1.165) is 11.3 Å². The van der Waals surface area contributed by atoms with Crippen molar-refractivity contribution in [1.29, 1.82) is 0 Å². The largest absolute Gasteiger partial charge is 0.451 e. The van der Waals surface area contributed by atoms with E-state index in [1.807, 2.05) is 36.9 Å². The second-order valence-corrected chi connectivity index (χ2v) is 6.22. The van der Waals surface area contributed by atoms with Crippen molar-refractivity contribution >= 4 is 11.8 Å². The van der Waals surface area contributed by atoms with Crippen LogP contribution in [0.15, 0.2) is 24.5 Å². The van der Waals surface area contributed by atoms with Crippen LogP contribution in [0.3, 0.4) is 0 Å². The topological polar surface area (TPSA) is 69.0 Å². The van der Waals surface area contributed by atoms with E-state index in [0.29, 0.717) is 24.0 Å². The first kappa shape index (κ1) is 14.6. The molecule has 0 atom stereocenters. The Labute approximate surface area is 129 Å². The fourth-order valence-electron chi connectivity index (χ4n) is 2.58. The molecule has 1 aliphatic rings. The fraction of sp³-hybridized carbons (Fsp3) is 0.438. The van der Waals surface area contributed by atoms with Gasteiger partial charge in [-0.2, -0.15) is 5.10 Å². The number of hydrogen-bond donors (Lipinski definition) is 1. The first-order valence-electron chi connectivity index (χ1n) is 7.39. The number of fused-ring (bicyclic) bond motifs is 1. The van der Waals surface area contributed by atoms with E-state index in [1.165, 1.54) is 0 Å². The Bertz CT molecular complexity index is 719. The lowest BCUT2D eigenvalue weighted by Gasteiger charge is -2.17. The SMILES string of the molecule is CC(C)n1ccc(CNc2nccc3c2C(=O)OC3(C)C)n1. The Morgan fingerprint density at radius 1 is 1.36 bits per heavy atom. The van der Waals surface area contributed by atoms with Crippen LogP contribution in [-0.2, 0) is 16.9 Å². The van der Waals surface area contributed by atoms with Crippen molar-refractivity contribution in [2.24, 2.45) is 0 Å². The van der Waals surface area contributed by atoms with Gasteiger partial charge >= 0.3 is 5.97 Å². The second kappa shape index (κ2) is 5.12. The lowest BCUT2D eigenvalue weighted by molar-refractivity contribution is 0.00958. The Morgan fingerprint density at radius 2 is 2.14 bits per heavy atom. The standard InChI is InChI=1S/C16H20N4O2/c1-10(2)20-8-6-11(19-20)9-18-14-13-12(5-7-17-14)16(3,4)22-15(13)21/h5-8,10H,9H2,1-4H3,(H,17,18). The zero-order valence-electron chi connectivity index (χ0n) is 13.3. The third-order valence-electron chi connectivity index (χ3n) is 3.78. The van der Waals surface area contributed by atoms with Gasteiger partial charge in [0.15, 0.2) is 0 Å². The molecule has 0 amide bonds. The first-order valence-corrected chi connectivity index (χ1v) is 7.39. The van der Waals surface area contributed by atoms with Gasteiger partial charge in [-0.25, -0.2) is 9.78 Å². The van der Waals surface area contributed by atoms with Gasteiger partial charge in [0.1, 0.15) is 17.0 Å². The average molecular weight is 300 g/mol. The van der Waals surface area contributed by atoms with E-state index in [9.17, 15) is 4.79 Å². The molecule has 0 saturated carbocycles. The summed E-state index contributed by atoms with van der Waals surface area (Å²) < 4.78 is 7.31. The highest BCUT2D eigenvalue weighted by molar-refractivity contribution is 5.99. The number of nitrogens with zero attached hydrogens (tertiary/aromatic N) is 3. The first-order chi connectivity index (χ1) is 10.4. The number of cyclic esters (lactones) is 1. The van der Waals surface area contributed by atoms with Gasteiger partial charge in [0, 0.05) is 24.0 Å². The van der Waals surface area contributed by atoms with Crippen molar-refractivity contribution in [2.45, 2.75) is 45.9 Å². The van der Waals surface area contributed by atoms with Crippen LogP contribution in [-0.4, -0.2) is 20.7 Å². The summed E-state index contributed by atoms with van der Waals surface area (Å²) in [5.74, 6) is 0.218. The fourth-order valence-corrected chi connectivity index (χ4v) is 2.58. The maximum Gasteiger partial charge on any atom is 0.343 e. The predicted molar refractivity (Wildman–Crippen MR) is 82.6 cm³/mol. The summed E-state index contributed by atoms with van der Waals surface area (Å²) in [6.07, 6.45) is 3.64. The third kappa shape index (κ3) is 2.45. The Kier molecular flexibility index (Phi) is 3.39. The van der Waals surface area contributed by atoms with Gasteiger partial charge in [-0.3, -0.25) is 4.68 Å². The van der Waals surface area contributed by atoms with E-state index in [4.69, 9.17) is 4.74 Å². The summed E-state index contributed by atoms with van der Waals surface area (Å²) in [6.45, 7) is 8.42. The van der Waals surface area contributed by atoms with E-state index in [2.05, 4.69) is 29.2 Å². The number of carbonyl (C=O) groups excluding carboxylic acids is 1. The zero-order chi connectivity index (χ0) is 15.9. The molecule has 0 unspecified atom stereocenters. The van der Waals surface area contributed by atoms with Gasteiger partial charge < -0.3 is 10.1 Å². The highest BCUT2D eigenvalue weighted by Gasteiger charge is 2.39. The Morgan fingerprint density at radius 3 is 2.82 bits per heavy atom. The van der Waals surface area contributed by atoms with E-state index < -0.39 is 5.60 Å². The molecule has 6 heteroatoms. The van der Waals surface area contributed by atoms with Crippen molar-refractivity contribution in [3.8, 4) is 0 Å². The van der Waals surface area contributed by atoms with Crippen LogP contribution in [0.4, 0.5) is 5.82 Å². The number of rotatable bonds is 4. The minimum absolute atomic E-state index is 0.323. The van der Waals surface area contributed by atoms with Gasteiger partial charge in [-0.1, -0.05) is 0 Å². The van der Waals surface area contributed by atoms with Crippen molar-refractivity contribution in [3.63, 3.8) is 0 Å². The Hall–Kier alpha value is -2.37. The quantitative estimate of drug-likeness (QED) is 0.879. The molecule has 2 aromatic rings. The van der Waals surface area contributed by atoms with Crippen LogP contribution in [0.2, 0.25) is 0 Å². The molecule has 0 saturated heterocycles. The maximum atomic E-state index is 12.1. The van der Waals surface area contributed by atoms with Gasteiger partial charge in [0.2, 0.25) is 0 Å². The molecule has 0 aromatic carbocycles. The summed E-state index contributed by atoms with van der Waals surface area (Å²) in [7, 11) is 0. The molecule has 116 valence electrons. The number of hydrogen-bond acceptors (Lipinski definition) is 5. The predicted octanol–water partition coefficient (Wildman–Crippen LogP) is 2.88. The van der Waals surface area contributed by atoms with Crippen LogP contribution in [0.5, 0.6) is 0 Å². The summed E-state index contributed by atoms with van der Waals surface area (Å²) in [5, 5.41) is 7.67. The number of nitrogens with one attached hydrogen (secondary N) is 1. The lowest BCUT2D eigenvalue weighted by atomic mass is 9.97. The molecule has 22 heavy (non-hydrogen) atoms. The highest BCUT2D eigenvalue weighted by Crippen LogP contribution is 2.38. The van der Waals surface area contributed by atoms with Crippen molar-refractivity contribution in [2.75, 3.05) is 5.32 Å². The third-order valence-corrected chi connectivity index (χ3v) is 3.78. The normalized spacial score (nSPS) is 15.8. The van der Waals surface area contributed by atoms with Crippen LogP contribution < -0.4 is 5.32 Å². The monoisotopic (exact) mass is 300 g/mol. The Balaban J connectivity index is 1.82. The van der Waals surface area contributed by atoms with Gasteiger partial charge in [0.25, 0.3) is 0 Å². The number of ether oxygens (including phenoxy) is 1. The van der Waals surface area contributed by atoms with Crippen molar-refractivity contribution < 1.29 is 9.53 Å². The second-order valence-electron chi connectivity index (χ2n) is 6.22. The number of esters is 1. The molecule has 0 bridgehead atoms. The molecule has 2 aromatic heterocycles. The molecule has 0 aliphatic carbocycles. The smallest absolute Gasteiger partial charge is 0.343 e. The minimum Gasteiger partial charge on any atom is -0.451 e. The zero-order valence-corrected chi connectivity index (χ0v) is 13.3. The molecule has 6 nitrogen and oxygen atoms in total. The van der Waals surface area contributed by atoms with Crippen LogP contribution in [0, 0.1) is 0 Å². The molecule has 1 N–H and O–H groups in total. The molecular formula is C16H20N4O2. The van der Waals surface area contributed by atoms with Gasteiger partial charge in [-0.15, -0.1) is 0 Å². The van der Waals surface area contributed by atoms with Crippen LogP contribution in [0.1, 0.15) is 55.4 Å². The molecule has 0 radical (unpaired) electrons. The lowest BCUT2D eigenvalue weighted by Crippen LogP contribution is -2.15. The molecule has 0 fully saturated rings. The average Bonchev–Trinajstić information content (AvgIpc) is 3.01. The van der Waals surface area contributed by atoms with E-state index in [-0.39, 0.29) is 5.97 Å². The molecule has 1 aliphatic heterocycles. The van der Waals surface area contributed by atoms with Gasteiger partial charge in [0.05, 0.1) is 12.2 Å². The van der Waals surface area contributed by atoms with E-state index in [1.54, 1.807) is 6.20 Å². The van der Waals surface area contributed by atoms with Gasteiger partial charge in [-0.05, 0) is 39.8 Å². The maximum absolute atomic E-state index is 12.1. The molecule has 0 spiro atoms. The molecule has 3 heterocycles. The van der Waals surface area contributed by atoms with Crippen LogP contribution >= 0.6 is 0 Å². The summed E-state index contributed by atoms with van der Waals surface area (Å²) in [5.41, 5.74) is 1.68. The summed E-state index contributed by atoms with van der Waals surface area (Å²) in [4.78, 5) is 16.4. The van der Waals surface area contributed by atoms with Crippen molar-refractivity contribution in [1.82, 2.24) is 14.8 Å². The number of aromatic nitrogens is 3. The summed E-state index contributed by atoms with van der Waals surface area (Å²) in [6, 6.07) is 4.11. The minimum atomic E-state index is -0.606. The summed E-state index contributed by atoms with van der Waals surface area (Å²) >= 11 is 0. The number of carbonyl (C=O) groups is 1. The van der Waals surface area contributed by atoms with E-state index >= 15 is 0 Å². The number of anilines is 1. The van der Waals surface area contributed by atoms with Crippen molar-refractivity contribution in [3.05, 3.63) is 41.3 Å². The highest BCUT2D eigenvalue weighted by atomic mass is 16.6. The molecule has 3 rings (SSSR count). The van der Waals surface area contributed by atoms with Crippen LogP contribution in [0.25, 0.3) is 0 Å². The molecular weight excluding hydrogens is 280 g/mol.